The maximum absolute atomic E-state index is 12.5. The van der Waals surface area contributed by atoms with Gasteiger partial charge in [0.2, 0.25) is 0 Å². The van der Waals surface area contributed by atoms with Gasteiger partial charge < -0.3 is 15.0 Å². The summed E-state index contributed by atoms with van der Waals surface area (Å²) in [5, 5.41) is 4.11. The minimum Gasteiger partial charge on any atom is -0.372 e. The molecule has 0 spiro atoms. The number of carbonyl (C=O) groups excluding carboxylic acids is 1. The van der Waals surface area contributed by atoms with Crippen LogP contribution in [0.1, 0.15) is 25.8 Å². The number of hydrogen-bond donors (Lipinski definition) is 1. The maximum atomic E-state index is 12.5. The van der Waals surface area contributed by atoms with Gasteiger partial charge in [0.1, 0.15) is 0 Å². The monoisotopic (exact) mass is 313 g/mol. The Morgan fingerprint density at radius 1 is 1.35 bits per heavy atom. The Balaban J connectivity index is 1.66. The first-order valence-corrected chi connectivity index (χ1v) is 8.18. The summed E-state index contributed by atoms with van der Waals surface area (Å²) >= 11 is 0. The largest absolute Gasteiger partial charge is 0.372 e. The highest BCUT2D eigenvalue weighted by Crippen LogP contribution is 2.17. The van der Waals surface area contributed by atoms with Crippen LogP contribution in [0.25, 0.3) is 10.9 Å². The Labute approximate surface area is 136 Å². The molecule has 0 radical (unpaired) electrons. The van der Waals surface area contributed by atoms with E-state index in [-0.39, 0.29) is 18.2 Å². The van der Waals surface area contributed by atoms with Crippen LogP contribution < -0.4 is 5.32 Å². The standard InChI is InChI=1S/C18H23N3O2/c1-3-16-12-21(11-13(2)23-16)18(22)20-10-15-7-4-6-14-8-5-9-19-17(14)15/h4-9,13,16H,3,10-12H2,1-2H3,(H,20,22)/t13-,16+/m0/s1. The summed E-state index contributed by atoms with van der Waals surface area (Å²) in [6.07, 6.45) is 2.91. The second kappa shape index (κ2) is 6.96. The second-order valence-electron chi connectivity index (χ2n) is 6.03. The molecular formula is C18H23N3O2. The summed E-state index contributed by atoms with van der Waals surface area (Å²) in [4.78, 5) is 18.7. The number of aromatic nitrogens is 1. The topological polar surface area (TPSA) is 54.5 Å². The van der Waals surface area contributed by atoms with E-state index in [0.29, 0.717) is 19.6 Å². The molecule has 2 amide bonds. The van der Waals surface area contributed by atoms with Gasteiger partial charge in [-0.3, -0.25) is 4.98 Å². The first-order chi connectivity index (χ1) is 11.2. The van der Waals surface area contributed by atoms with E-state index in [9.17, 15) is 4.79 Å². The molecule has 0 aliphatic carbocycles. The van der Waals surface area contributed by atoms with Crippen molar-refractivity contribution in [3.63, 3.8) is 0 Å². The zero-order chi connectivity index (χ0) is 16.2. The number of urea groups is 1. The summed E-state index contributed by atoms with van der Waals surface area (Å²) in [5.41, 5.74) is 1.97. The molecular weight excluding hydrogens is 290 g/mol. The number of ether oxygens (including phenoxy) is 1. The number of para-hydroxylation sites is 1. The predicted octanol–water partition coefficient (Wildman–Crippen LogP) is 2.94. The van der Waals surface area contributed by atoms with Gasteiger partial charge in [-0.15, -0.1) is 0 Å². The van der Waals surface area contributed by atoms with E-state index >= 15 is 0 Å². The molecule has 1 N–H and O–H groups in total. The van der Waals surface area contributed by atoms with Gasteiger partial charge in [-0.1, -0.05) is 31.2 Å². The van der Waals surface area contributed by atoms with Gasteiger partial charge >= 0.3 is 6.03 Å². The van der Waals surface area contributed by atoms with Gasteiger partial charge in [0.15, 0.2) is 0 Å². The Bertz CT molecular complexity index is 684. The first-order valence-electron chi connectivity index (χ1n) is 8.18. The van der Waals surface area contributed by atoms with E-state index in [1.54, 1.807) is 6.20 Å². The van der Waals surface area contributed by atoms with Gasteiger partial charge in [0.25, 0.3) is 0 Å². The molecule has 5 nitrogen and oxygen atoms in total. The molecule has 1 saturated heterocycles. The minimum atomic E-state index is -0.0356. The van der Waals surface area contributed by atoms with Crippen LogP contribution in [0.3, 0.4) is 0 Å². The van der Waals surface area contributed by atoms with E-state index in [0.717, 1.165) is 22.9 Å². The molecule has 1 aromatic heterocycles. The second-order valence-corrected chi connectivity index (χ2v) is 6.03. The lowest BCUT2D eigenvalue weighted by Crippen LogP contribution is -2.52. The molecule has 1 aromatic carbocycles. The fraction of sp³-hybridized carbons (Fsp3) is 0.444. The van der Waals surface area contributed by atoms with Crippen molar-refractivity contribution in [2.24, 2.45) is 0 Å². The zero-order valence-electron chi connectivity index (χ0n) is 13.7. The van der Waals surface area contributed by atoms with Gasteiger partial charge in [-0.05, 0) is 25.0 Å². The highest BCUT2D eigenvalue weighted by Gasteiger charge is 2.27. The van der Waals surface area contributed by atoms with Crippen molar-refractivity contribution >= 4 is 16.9 Å². The highest BCUT2D eigenvalue weighted by molar-refractivity contribution is 5.82. The van der Waals surface area contributed by atoms with Crippen LogP contribution >= 0.6 is 0 Å². The molecule has 1 aliphatic rings. The Hall–Kier alpha value is -2.14. The molecule has 3 rings (SSSR count). The third-order valence-electron chi connectivity index (χ3n) is 4.22. The van der Waals surface area contributed by atoms with Crippen LogP contribution in [0.4, 0.5) is 4.79 Å². The van der Waals surface area contributed by atoms with E-state index in [4.69, 9.17) is 4.74 Å². The lowest BCUT2D eigenvalue weighted by Gasteiger charge is -2.36. The summed E-state index contributed by atoms with van der Waals surface area (Å²) in [5.74, 6) is 0. The fourth-order valence-electron chi connectivity index (χ4n) is 3.03. The lowest BCUT2D eigenvalue weighted by atomic mass is 10.1. The van der Waals surface area contributed by atoms with Crippen molar-refractivity contribution in [2.45, 2.75) is 39.0 Å². The summed E-state index contributed by atoms with van der Waals surface area (Å²) in [7, 11) is 0. The van der Waals surface area contributed by atoms with Crippen molar-refractivity contribution in [3.05, 3.63) is 42.1 Å². The minimum absolute atomic E-state index is 0.0356. The number of morpholine rings is 1. The molecule has 2 heterocycles. The van der Waals surface area contributed by atoms with E-state index in [1.165, 1.54) is 0 Å². The smallest absolute Gasteiger partial charge is 0.317 e. The number of nitrogens with zero attached hydrogens (tertiary/aromatic N) is 2. The molecule has 1 fully saturated rings. The molecule has 0 bridgehead atoms. The van der Waals surface area contributed by atoms with Gasteiger partial charge in [0, 0.05) is 31.2 Å². The predicted molar refractivity (Wildman–Crippen MR) is 90.2 cm³/mol. The molecule has 122 valence electrons. The van der Waals surface area contributed by atoms with Crippen LogP contribution in [0, 0.1) is 0 Å². The molecule has 0 unspecified atom stereocenters. The van der Waals surface area contributed by atoms with Crippen LogP contribution in [0.5, 0.6) is 0 Å². The van der Waals surface area contributed by atoms with Crippen molar-refractivity contribution in [1.29, 1.82) is 0 Å². The van der Waals surface area contributed by atoms with E-state index < -0.39 is 0 Å². The lowest BCUT2D eigenvalue weighted by molar-refractivity contribution is -0.0646. The van der Waals surface area contributed by atoms with Crippen LogP contribution in [0.2, 0.25) is 0 Å². The fourth-order valence-corrected chi connectivity index (χ4v) is 3.03. The number of hydrogen-bond acceptors (Lipinski definition) is 3. The number of pyridine rings is 1. The van der Waals surface area contributed by atoms with Crippen molar-refractivity contribution in [3.8, 4) is 0 Å². The Morgan fingerprint density at radius 2 is 2.17 bits per heavy atom. The quantitative estimate of drug-likeness (QED) is 0.948. The number of carbonyl (C=O) groups is 1. The third-order valence-corrected chi connectivity index (χ3v) is 4.22. The van der Waals surface area contributed by atoms with Crippen molar-refractivity contribution < 1.29 is 9.53 Å². The zero-order valence-corrected chi connectivity index (χ0v) is 13.7. The third kappa shape index (κ3) is 3.62. The molecule has 23 heavy (non-hydrogen) atoms. The summed E-state index contributed by atoms with van der Waals surface area (Å²) in [6.45, 7) is 5.86. The average Bonchev–Trinajstić information content (AvgIpc) is 2.59. The number of fused-ring (bicyclic) bond motifs is 1. The number of nitrogens with one attached hydrogen (secondary N) is 1. The Morgan fingerprint density at radius 3 is 3.00 bits per heavy atom. The van der Waals surface area contributed by atoms with Gasteiger partial charge in [0.05, 0.1) is 17.7 Å². The maximum Gasteiger partial charge on any atom is 0.317 e. The van der Waals surface area contributed by atoms with Crippen molar-refractivity contribution in [2.75, 3.05) is 13.1 Å². The SMILES string of the molecule is CC[C@@H]1CN(C(=O)NCc2cccc3cccnc23)C[C@H](C)O1. The Kier molecular flexibility index (Phi) is 4.76. The highest BCUT2D eigenvalue weighted by atomic mass is 16.5. The van der Waals surface area contributed by atoms with Crippen molar-refractivity contribution in [1.82, 2.24) is 15.2 Å². The summed E-state index contributed by atoms with van der Waals surface area (Å²) in [6, 6.07) is 9.95. The van der Waals surface area contributed by atoms with Gasteiger partial charge in [-0.2, -0.15) is 0 Å². The number of amides is 2. The van der Waals surface area contributed by atoms with Gasteiger partial charge in [-0.25, -0.2) is 4.79 Å². The van der Waals surface area contributed by atoms with Crippen LogP contribution in [-0.2, 0) is 11.3 Å². The molecule has 5 heteroatoms. The molecule has 2 atom stereocenters. The number of benzene rings is 1. The van der Waals surface area contributed by atoms with E-state index in [1.807, 2.05) is 42.2 Å². The van der Waals surface area contributed by atoms with E-state index in [2.05, 4.69) is 17.2 Å². The average molecular weight is 313 g/mol. The summed E-state index contributed by atoms with van der Waals surface area (Å²) < 4.78 is 5.80. The first kappa shape index (κ1) is 15.7. The molecule has 2 aromatic rings. The van der Waals surface area contributed by atoms with Crippen LogP contribution in [0.15, 0.2) is 36.5 Å². The molecule has 1 aliphatic heterocycles. The molecule has 0 saturated carbocycles. The normalized spacial score (nSPS) is 21.4. The number of rotatable bonds is 3. The van der Waals surface area contributed by atoms with Crippen LogP contribution in [-0.4, -0.2) is 41.2 Å².